The number of ether oxygens (including phenoxy) is 2. The molecule has 0 amide bonds. The molecule has 1 aromatic rings. The van der Waals surface area contributed by atoms with Crippen LogP contribution in [0.4, 0.5) is 0 Å². The minimum absolute atomic E-state index is 0.177. The van der Waals surface area contributed by atoms with Gasteiger partial charge < -0.3 is 15.2 Å². The lowest BCUT2D eigenvalue weighted by molar-refractivity contribution is 0.153. The van der Waals surface area contributed by atoms with Crippen molar-refractivity contribution in [3.63, 3.8) is 0 Å². The topological polar surface area (TPSA) is 44.5 Å². The van der Waals surface area contributed by atoms with Gasteiger partial charge in [0, 0.05) is 6.04 Å². The fourth-order valence-electron chi connectivity index (χ4n) is 2.75. The van der Waals surface area contributed by atoms with Crippen LogP contribution >= 0.6 is 0 Å². The van der Waals surface area contributed by atoms with Gasteiger partial charge in [-0.15, -0.1) is 0 Å². The standard InChI is InChI=1S/C17H27NO2/c1-3-14(18)11-13-12-16(19-2)9-10-17(13)20-15-7-5-4-6-8-15/h9-10,12,14-15H,3-8,11,18H2,1-2H3. The fraction of sp³-hybridized carbons (Fsp3) is 0.647. The predicted octanol–water partition coefficient (Wildman–Crippen LogP) is 3.69. The molecule has 1 aliphatic rings. The largest absolute Gasteiger partial charge is 0.497 e. The van der Waals surface area contributed by atoms with Crippen LogP contribution < -0.4 is 15.2 Å². The van der Waals surface area contributed by atoms with Crippen molar-refractivity contribution in [1.82, 2.24) is 0 Å². The van der Waals surface area contributed by atoms with Crippen LogP contribution in [0.15, 0.2) is 18.2 Å². The van der Waals surface area contributed by atoms with Crippen molar-refractivity contribution < 1.29 is 9.47 Å². The van der Waals surface area contributed by atoms with Crippen LogP contribution in [0, 0.1) is 0 Å². The van der Waals surface area contributed by atoms with Crippen LogP contribution in [-0.4, -0.2) is 19.3 Å². The minimum Gasteiger partial charge on any atom is -0.497 e. The third-order valence-electron chi connectivity index (χ3n) is 4.12. The molecule has 20 heavy (non-hydrogen) atoms. The number of methoxy groups -OCH3 is 1. The van der Waals surface area contributed by atoms with E-state index < -0.39 is 0 Å². The van der Waals surface area contributed by atoms with Gasteiger partial charge in [0.05, 0.1) is 13.2 Å². The molecule has 2 rings (SSSR count). The molecule has 3 heteroatoms. The summed E-state index contributed by atoms with van der Waals surface area (Å²) in [6, 6.07) is 6.24. The molecular formula is C17H27NO2. The van der Waals surface area contributed by atoms with Crippen LogP contribution in [0.2, 0.25) is 0 Å². The maximum absolute atomic E-state index is 6.22. The number of benzene rings is 1. The average Bonchev–Trinajstić information content (AvgIpc) is 2.50. The van der Waals surface area contributed by atoms with Gasteiger partial charge >= 0.3 is 0 Å². The zero-order chi connectivity index (χ0) is 14.4. The van der Waals surface area contributed by atoms with Gasteiger partial charge in [-0.3, -0.25) is 0 Å². The first kappa shape index (κ1) is 15.2. The Morgan fingerprint density at radius 1 is 1.25 bits per heavy atom. The van der Waals surface area contributed by atoms with Crippen molar-refractivity contribution in [3.05, 3.63) is 23.8 Å². The van der Waals surface area contributed by atoms with Crippen LogP contribution in [0.1, 0.15) is 51.0 Å². The second-order valence-corrected chi connectivity index (χ2v) is 5.72. The van der Waals surface area contributed by atoms with Crippen molar-refractivity contribution in [2.45, 2.75) is 64.0 Å². The third kappa shape index (κ3) is 4.14. The molecule has 0 saturated heterocycles. The van der Waals surface area contributed by atoms with E-state index in [2.05, 4.69) is 13.0 Å². The first-order valence-electron chi connectivity index (χ1n) is 7.82. The molecule has 112 valence electrons. The fourth-order valence-corrected chi connectivity index (χ4v) is 2.75. The third-order valence-corrected chi connectivity index (χ3v) is 4.12. The molecule has 1 aliphatic carbocycles. The SMILES string of the molecule is CCC(N)Cc1cc(OC)ccc1OC1CCCCC1. The number of nitrogens with two attached hydrogens (primary N) is 1. The van der Waals surface area contributed by atoms with Crippen molar-refractivity contribution in [1.29, 1.82) is 0 Å². The van der Waals surface area contributed by atoms with Crippen molar-refractivity contribution >= 4 is 0 Å². The lowest BCUT2D eigenvalue weighted by atomic mass is 9.97. The molecule has 1 unspecified atom stereocenters. The van der Waals surface area contributed by atoms with Crippen LogP contribution in [0.3, 0.4) is 0 Å². The summed E-state index contributed by atoms with van der Waals surface area (Å²) in [5.74, 6) is 1.86. The Morgan fingerprint density at radius 3 is 2.65 bits per heavy atom. The lowest BCUT2D eigenvalue weighted by Crippen LogP contribution is -2.24. The summed E-state index contributed by atoms with van der Waals surface area (Å²) < 4.78 is 11.5. The van der Waals surface area contributed by atoms with Gasteiger partial charge in [0.25, 0.3) is 0 Å². The summed E-state index contributed by atoms with van der Waals surface area (Å²) >= 11 is 0. The van der Waals surface area contributed by atoms with Crippen molar-refractivity contribution in [2.75, 3.05) is 7.11 Å². The number of hydrogen-bond donors (Lipinski definition) is 1. The highest BCUT2D eigenvalue weighted by molar-refractivity contribution is 5.41. The number of rotatable bonds is 6. The second-order valence-electron chi connectivity index (χ2n) is 5.72. The van der Waals surface area contributed by atoms with E-state index in [1.165, 1.54) is 37.7 Å². The van der Waals surface area contributed by atoms with E-state index in [0.29, 0.717) is 6.10 Å². The Labute approximate surface area is 122 Å². The lowest BCUT2D eigenvalue weighted by Gasteiger charge is -2.25. The molecule has 0 aliphatic heterocycles. The molecule has 1 aromatic carbocycles. The summed E-state index contributed by atoms with van der Waals surface area (Å²) in [4.78, 5) is 0. The van der Waals surface area contributed by atoms with Gasteiger partial charge in [0.1, 0.15) is 11.5 Å². The number of hydrogen-bond acceptors (Lipinski definition) is 3. The van der Waals surface area contributed by atoms with E-state index >= 15 is 0 Å². The molecule has 0 bridgehead atoms. The highest BCUT2D eigenvalue weighted by Gasteiger charge is 2.17. The first-order valence-corrected chi connectivity index (χ1v) is 7.82. The van der Waals surface area contributed by atoms with E-state index in [9.17, 15) is 0 Å². The van der Waals surface area contributed by atoms with E-state index in [1.807, 2.05) is 12.1 Å². The van der Waals surface area contributed by atoms with Gasteiger partial charge in [-0.2, -0.15) is 0 Å². The van der Waals surface area contributed by atoms with E-state index in [-0.39, 0.29) is 6.04 Å². The maximum Gasteiger partial charge on any atom is 0.123 e. The monoisotopic (exact) mass is 277 g/mol. The van der Waals surface area contributed by atoms with E-state index in [0.717, 1.165) is 24.3 Å². The Kier molecular flexibility index (Phi) is 5.72. The van der Waals surface area contributed by atoms with E-state index in [1.54, 1.807) is 7.11 Å². The van der Waals surface area contributed by atoms with Gasteiger partial charge in [-0.05, 0) is 62.3 Å². The Balaban J connectivity index is 2.12. The molecular weight excluding hydrogens is 250 g/mol. The molecule has 1 saturated carbocycles. The summed E-state index contributed by atoms with van der Waals surface area (Å²) in [7, 11) is 1.69. The zero-order valence-corrected chi connectivity index (χ0v) is 12.7. The molecule has 1 atom stereocenters. The first-order chi connectivity index (χ1) is 9.72. The molecule has 3 nitrogen and oxygen atoms in total. The molecule has 0 spiro atoms. The Morgan fingerprint density at radius 2 is 2.00 bits per heavy atom. The second kappa shape index (κ2) is 7.53. The normalized spacial score (nSPS) is 17.8. The summed E-state index contributed by atoms with van der Waals surface area (Å²) in [5.41, 5.74) is 7.27. The highest BCUT2D eigenvalue weighted by atomic mass is 16.5. The van der Waals surface area contributed by atoms with Gasteiger partial charge in [-0.1, -0.05) is 13.3 Å². The highest BCUT2D eigenvalue weighted by Crippen LogP contribution is 2.29. The van der Waals surface area contributed by atoms with Gasteiger partial charge in [0.15, 0.2) is 0 Å². The van der Waals surface area contributed by atoms with Crippen LogP contribution in [-0.2, 0) is 6.42 Å². The molecule has 2 N–H and O–H groups in total. The van der Waals surface area contributed by atoms with Crippen molar-refractivity contribution in [2.24, 2.45) is 5.73 Å². The summed E-state index contributed by atoms with van der Waals surface area (Å²) in [6.45, 7) is 2.12. The Hall–Kier alpha value is -1.22. The minimum atomic E-state index is 0.177. The van der Waals surface area contributed by atoms with Gasteiger partial charge in [0.2, 0.25) is 0 Å². The quantitative estimate of drug-likeness (QED) is 0.862. The Bertz CT molecular complexity index is 413. The average molecular weight is 277 g/mol. The molecule has 1 fully saturated rings. The van der Waals surface area contributed by atoms with Crippen molar-refractivity contribution in [3.8, 4) is 11.5 Å². The summed E-state index contributed by atoms with van der Waals surface area (Å²) in [6.07, 6.45) is 8.44. The molecule has 0 radical (unpaired) electrons. The van der Waals surface area contributed by atoms with E-state index in [4.69, 9.17) is 15.2 Å². The molecule has 0 heterocycles. The van der Waals surface area contributed by atoms with Crippen LogP contribution in [0.5, 0.6) is 11.5 Å². The zero-order valence-electron chi connectivity index (χ0n) is 12.7. The predicted molar refractivity (Wildman–Crippen MR) is 82.5 cm³/mol. The maximum atomic E-state index is 6.22. The molecule has 0 aromatic heterocycles. The van der Waals surface area contributed by atoms with Gasteiger partial charge in [-0.25, -0.2) is 0 Å². The smallest absolute Gasteiger partial charge is 0.123 e. The van der Waals surface area contributed by atoms with Crippen LogP contribution in [0.25, 0.3) is 0 Å². The summed E-state index contributed by atoms with van der Waals surface area (Å²) in [5, 5.41) is 0.